The van der Waals surface area contributed by atoms with Gasteiger partial charge in [0.1, 0.15) is 0 Å². The average molecular weight is 404 g/mol. The molecule has 0 N–H and O–H groups in total. The molecule has 3 heterocycles. The summed E-state index contributed by atoms with van der Waals surface area (Å²) in [6, 6.07) is 18.6. The van der Waals surface area contributed by atoms with Gasteiger partial charge in [0, 0.05) is 32.8 Å². The van der Waals surface area contributed by atoms with E-state index in [-0.39, 0.29) is 0 Å². The van der Waals surface area contributed by atoms with Gasteiger partial charge in [-0.15, -0.1) is 0 Å². The van der Waals surface area contributed by atoms with Gasteiger partial charge in [0.2, 0.25) is 5.91 Å². The largest absolute Gasteiger partial charge is 0.381 e. The summed E-state index contributed by atoms with van der Waals surface area (Å²) < 4.78 is 7.88. The second-order valence-corrected chi connectivity index (χ2v) is 8.68. The molecule has 30 heavy (non-hydrogen) atoms. The first-order chi connectivity index (χ1) is 14.8. The molecule has 1 amide bonds. The molecular weight excluding hydrogens is 374 g/mol. The van der Waals surface area contributed by atoms with E-state index >= 15 is 0 Å². The minimum absolute atomic E-state index is 0.295. The van der Waals surface area contributed by atoms with E-state index in [4.69, 9.17) is 4.74 Å². The molecule has 5 nitrogen and oxygen atoms in total. The van der Waals surface area contributed by atoms with Crippen LogP contribution in [0.25, 0.3) is 11.0 Å². The van der Waals surface area contributed by atoms with Crippen LogP contribution in [-0.2, 0) is 21.5 Å². The summed E-state index contributed by atoms with van der Waals surface area (Å²) in [5.41, 5.74) is 2.97. The molecule has 1 aromatic heterocycles. The van der Waals surface area contributed by atoms with Crippen LogP contribution >= 0.6 is 0 Å². The van der Waals surface area contributed by atoms with Crippen LogP contribution in [0.5, 0.6) is 0 Å². The van der Waals surface area contributed by atoms with Gasteiger partial charge >= 0.3 is 0 Å². The highest BCUT2D eigenvalue weighted by Crippen LogP contribution is 2.38. The molecule has 5 heteroatoms. The Kier molecular flexibility index (Phi) is 5.30. The molecule has 0 saturated carbocycles. The van der Waals surface area contributed by atoms with Gasteiger partial charge in [-0.1, -0.05) is 42.5 Å². The summed E-state index contributed by atoms with van der Waals surface area (Å²) in [5, 5.41) is 0. The van der Waals surface area contributed by atoms with Gasteiger partial charge in [-0.2, -0.15) is 0 Å². The van der Waals surface area contributed by atoms with Crippen LogP contribution in [0.3, 0.4) is 0 Å². The first-order valence-corrected chi connectivity index (χ1v) is 11.1. The highest BCUT2D eigenvalue weighted by Gasteiger charge is 2.44. The second kappa shape index (κ2) is 8.23. The quantitative estimate of drug-likeness (QED) is 0.661. The van der Waals surface area contributed by atoms with Crippen molar-refractivity contribution in [1.29, 1.82) is 0 Å². The molecule has 0 unspecified atom stereocenters. The van der Waals surface area contributed by atoms with Gasteiger partial charge in [0.25, 0.3) is 0 Å². The molecule has 2 aliphatic rings. The molecule has 2 fully saturated rings. The standard InChI is InChI=1S/C25H29N3O2/c29-24(25(12-16-30-17-13-25)21-6-2-1-3-7-21)27-14-10-20(11-15-27)18-28-19-26-22-8-4-5-9-23(22)28/h1-9,19-20H,10-18H2. The third kappa shape index (κ3) is 3.52. The van der Waals surface area contributed by atoms with Crippen molar-refractivity contribution in [3.63, 3.8) is 0 Å². The number of fused-ring (bicyclic) bond motifs is 1. The number of likely N-dealkylation sites (tertiary alicyclic amines) is 1. The zero-order valence-electron chi connectivity index (χ0n) is 17.4. The van der Waals surface area contributed by atoms with Crippen molar-refractivity contribution in [2.45, 2.75) is 37.6 Å². The van der Waals surface area contributed by atoms with Gasteiger partial charge in [-0.3, -0.25) is 4.79 Å². The summed E-state index contributed by atoms with van der Waals surface area (Å²) >= 11 is 0. The Morgan fingerprint density at radius 3 is 2.47 bits per heavy atom. The molecule has 156 valence electrons. The Morgan fingerprint density at radius 2 is 1.70 bits per heavy atom. The number of amides is 1. The number of hydrogen-bond donors (Lipinski definition) is 0. The molecule has 0 aliphatic carbocycles. The van der Waals surface area contributed by atoms with Gasteiger partial charge in [0.15, 0.2) is 0 Å². The maximum absolute atomic E-state index is 13.7. The highest BCUT2D eigenvalue weighted by atomic mass is 16.5. The Morgan fingerprint density at radius 1 is 1.00 bits per heavy atom. The molecule has 5 rings (SSSR count). The van der Waals surface area contributed by atoms with Crippen molar-refractivity contribution in [3.05, 3.63) is 66.5 Å². The number of hydrogen-bond acceptors (Lipinski definition) is 3. The van der Waals surface area contributed by atoms with Crippen LogP contribution in [0.4, 0.5) is 0 Å². The lowest BCUT2D eigenvalue weighted by atomic mass is 9.72. The highest BCUT2D eigenvalue weighted by molar-refractivity contribution is 5.88. The number of imidazole rings is 1. The maximum atomic E-state index is 13.7. The molecule has 2 aliphatic heterocycles. The van der Waals surface area contributed by atoms with Crippen LogP contribution in [0.15, 0.2) is 60.9 Å². The smallest absolute Gasteiger partial charge is 0.233 e. The monoisotopic (exact) mass is 403 g/mol. The second-order valence-electron chi connectivity index (χ2n) is 8.68. The molecular formula is C25H29N3O2. The van der Waals surface area contributed by atoms with E-state index in [1.165, 1.54) is 5.52 Å². The third-order valence-corrected chi connectivity index (χ3v) is 6.97. The van der Waals surface area contributed by atoms with Crippen LogP contribution in [0, 0.1) is 5.92 Å². The Bertz CT molecular complexity index is 999. The minimum Gasteiger partial charge on any atom is -0.381 e. The predicted molar refractivity (Wildman–Crippen MR) is 117 cm³/mol. The van der Waals surface area contributed by atoms with Crippen molar-refractivity contribution < 1.29 is 9.53 Å². The number of para-hydroxylation sites is 2. The predicted octanol–water partition coefficient (Wildman–Crippen LogP) is 4.02. The number of rotatable bonds is 4. The van der Waals surface area contributed by atoms with Crippen molar-refractivity contribution >= 4 is 16.9 Å². The summed E-state index contributed by atoms with van der Waals surface area (Å²) in [7, 11) is 0. The first kappa shape index (κ1) is 19.3. The van der Waals surface area contributed by atoms with Gasteiger partial charge in [0.05, 0.1) is 22.8 Å². The molecule has 2 saturated heterocycles. The summed E-state index contributed by atoms with van der Waals surface area (Å²) in [5.74, 6) is 0.873. The maximum Gasteiger partial charge on any atom is 0.233 e. The van der Waals surface area contributed by atoms with Crippen LogP contribution in [0.2, 0.25) is 0 Å². The van der Waals surface area contributed by atoms with Crippen LogP contribution in [-0.4, -0.2) is 46.7 Å². The third-order valence-electron chi connectivity index (χ3n) is 6.97. The number of carbonyl (C=O) groups is 1. The van der Waals surface area contributed by atoms with E-state index in [2.05, 4.69) is 44.8 Å². The van der Waals surface area contributed by atoms with Crippen LogP contribution in [0.1, 0.15) is 31.2 Å². The van der Waals surface area contributed by atoms with Gasteiger partial charge < -0.3 is 14.2 Å². The minimum atomic E-state index is -0.424. The summed E-state index contributed by atoms with van der Waals surface area (Å²) in [4.78, 5) is 20.4. The van der Waals surface area contributed by atoms with Crippen molar-refractivity contribution in [3.8, 4) is 0 Å². The number of piperidine rings is 1. The van der Waals surface area contributed by atoms with E-state index in [0.29, 0.717) is 25.0 Å². The van der Waals surface area contributed by atoms with E-state index < -0.39 is 5.41 Å². The average Bonchev–Trinajstić information content (AvgIpc) is 3.23. The number of benzene rings is 2. The van der Waals surface area contributed by atoms with E-state index in [9.17, 15) is 4.79 Å². The molecule has 2 aromatic carbocycles. The topological polar surface area (TPSA) is 47.4 Å². The fourth-order valence-electron chi connectivity index (χ4n) is 5.16. The summed E-state index contributed by atoms with van der Waals surface area (Å²) in [6.07, 6.45) is 5.58. The number of ether oxygens (including phenoxy) is 1. The van der Waals surface area contributed by atoms with Crippen molar-refractivity contribution in [1.82, 2.24) is 14.5 Å². The first-order valence-electron chi connectivity index (χ1n) is 11.1. The number of nitrogens with zero attached hydrogens (tertiary/aromatic N) is 3. The molecule has 0 radical (unpaired) electrons. The fourth-order valence-corrected chi connectivity index (χ4v) is 5.16. The van der Waals surface area contributed by atoms with Gasteiger partial charge in [-0.05, 0) is 49.3 Å². The lowest BCUT2D eigenvalue weighted by molar-refractivity contribution is -0.142. The Labute approximate surface area is 177 Å². The Balaban J connectivity index is 1.28. The van der Waals surface area contributed by atoms with E-state index in [0.717, 1.165) is 56.4 Å². The number of aromatic nitrogens is 2. The van der Waals surface area contributed by atoms with Crippen molar-refractivity contribution in [2.24, 2.45) is 5.92 Å². The molecule has 0 bridgehead atoms. The number of carbonyl (C=O) groups excluding carboxylic acids is 1. The fraction of sp³-hybridized carbons (Fsp3) is 0.440. The SMILES string of the molecule is O=C(N1CCC(Cn2cnc3ccccc32)CC1)C1(c2ccccc2)CCOCC1. The molecule has 3 aromatic rings. The zero-order valence-corrected chi connectivity index (χ0v) is 17.4. The van der Waals surface area contributed by atoms with Crippen molar-refractivity contribution in [2.75, 3.05) is 26.3 Å². The van der Waals surface area contributed by atoms with Crippen LogP contribution < -0.4 is 0 Å². The zero-order chi connectivity index (χ0) is 20.4. The molecule has 0 atom stereocenters. The molecule has 0 spiro atoms. The lowest BCUT2D eigenvalue weighted by Crippen LogP contribution is -2.52. The lowest BCUT2D eigenvalue weighted by Gasteiger charge is -2.42. The summed E-state index contributed by atoms with van der Waals surface area (Å²) in [6.45, 7) is 3.97. The van der Waals surface area contributed by atoms with E-state index in [1.807, 2.05) is 30.6 Å². The Hall–Kier alpha value is -2.66. The van der Waals surface area contributed by atoms with E-state index in [1.54, 1.807) is 0 Å². The normalized spacial score (nSPS) is 19.8. The van der Waals surface area contributed by atoms with Gasteiger partial charge in [-0.25, -0.2) is 4.98 Å².